The number of nitrogens with zero attached hydrogens (tertiary/aromatic N) is 1. The highest BCUT2D eigenvalue weighted by Crippen LogP contribution is 2.33. The van der Waals surface area contributed by atoms with Crippen molar-refractivity contribution in [3.05, 3.63) is 0 Å². The van der Waals surface area contributed by atoms with Crippen LogP contribution in [0.4, 0.5) is 0 Å². The molecule has 1 saturated heterocycles. The predicted octanol–water partition coefficient (Wildman–Crippen LogP) is 1.56. The summed E-state index contributed by atoms with van der Waals surface area (Å²) in [6.07, 6.45) is 6.64. The Morgan fingerprint density at radius 2 is 2.14 bits per heavy atom. The molecule has 0 radical (unpaired) electrons. The summed E-state index contributed by atoms with van der Waals surface area (Å²) < 4.78 is 10.6. The van der Waals surface area contributed by atoms with Gasteiger partial charge in [-0.3, -0.25) is 9.69 Å². The third-order valence-electron chi connectivity index (χ3n) is 5.08. The number of hydrogen-bond donors (Lipinski definition) is 1. The van der Waals surface area contributed by atoms with E-state index >= 15 is 0 Å². The van der Waals surface area contributed by atoms with E-state index in [0.717, 1.165) is 45.3 Å². The van der Waals surface area contributed by atoms with E-state index in [-0.39, 0.29) is 5.97 Å². The van der Waals surface area contributed by atoms with Crippen molar-refractivity contribution in [3.8, 4) is 0 Å². The molecule has 0 spiro atoms. The van der Waals surface area contributed by atoms with Crippen LogP contribution in [0.3, 0.4) is 0 Å². The number of rotatable bonds is 5. The summed E-state index contributed by atoms with van der Waals surface area (Å²) in [6.45, 7) is 4.96. The highest BCUT2D eigenvalue weighted by atomic mass is 16.5. The van der Waals surface area contributed by atoms with Crippen molar-refractivity contribution in [2.45, 2.75) is 63.1 Å². The molecule has 3 unspecified atom stereocenters. The van der Waals surface area contributed by atoms with E-state index in [1.807, 2.05) is 0 Å². The first-order valence-electron chi connectivity index (χ1n) is 8.25. The highest BCUT2D eigenvalue weighted by Gasteiger charge is 2.45. The minimum atomic E-state index is -0.494. The molecule has 21 heavy (non-hydrogen) atoms. The van der Waals surface area contributed by atoms with E-state index in [2.05, 4.69) is 17.1 Å². The van der Waals surface area contributed by atoms with Gasteiger partial charge in [0, 0.05) is 19.7 Å². The normalized spacial score (nSPS) is 34.6. The number of ether oxygens (including phenoxy) is 2. The zero-order valence-electron chi connectivity index (χ0n) is 13.7. The Morgan fingerprint density at radius 1 is 1.33 bits per heavy atom. The average molecular weight is 298 g/mol. The summed E-state index contributed by atoms with van der Waals surface area (Å²) in [4.78, 5) is 14.8. The lowest BCUT2D eigenvalue weighted by atomic mass is 9.77. The van der Waals surface area contributed by atoms with Gasteiger partial charge in [0.2, 0.25) is 0 Å². The maximum atomic E-state index is 12.3. The molecular formula is C16H30N2O3. The molecule has 2 aliphatic rings. The first kappa shape index (κ1) is 16.7. The zero-order valence-corrected chi connectivity index (χ0v) is 13.7. The molecule has 1 saturated carbocycles. The van der Waals surface area contributed by atoms with Gasteiger partial charge >= 0.3 is 5.97 Å². The molecule has 1 aliphatic heterocycles. The molecule has 5 heteroatoms. The molecule has 1 heterocycles. The lowest BCUT2D eigenvalue weighted by Crippen LogP contribution is -2.59. The maximum absolute atomic E-state index is 12.3. The monoisotopic (exact) mass is 298 g/mol. The van der Waals surface area contributed by atoms with Crippen molar-refractivity contribution in [1.82, 2.24) is 10.2 Å². The zero-order chi connectivity index (χ0) is 15.3. The Bertz CT molecular complexity index is 346. The predicted molar refractivity (Wildman–Crippen MR) is 82.3 cm³/mol. The van der Waals surface area contributed by atoms with E-state index < -0.39 is 5.54 Å². The number of carbonyl (C=O) groups excluding carboxylic acids is 1. The Balaban J connectivity index is 2.05. The van der Waals surface area contributed by atoms with Gasteiger partial charge in [0.05, 0.1) is 13.2 Å². The second kappa shape index (κ2) is 7.56. The van der Waals surface area contributed by atoms with Crippen molar-refractivity contribution in [2.24, 2.45) is 0 Å². The van der Waals surface area contributed by atoms with Crippen LogP contribution in [0, 0.1) is 0 Å². The summed E-state index contributed by atoms with van der Waals surface area (Å²) >= 11 is 0. The molecule has 0 amide bonds. The molecule has 0 aromatic carbocycles. The van der Waals surface area contributed by atoms with Crippen LogP contribution in [0.1, 0.15) is 45.4 Å². The number of piperidine rings is 1. The molecule has 5 nitrogen and oxygen atoms in total. The molecule has 0 aromatic heterocycles. The second-order valence-electron chi connectivity index (χ2n) is 6.35. The van der Waals surface area contributed by atoms with Gasteiger partial charge in [-0.1, -0.05) is 6.92 Å². The van der Waals surface area contributed by atoms with Crippen molar-refractivity contribution in [3.63, 3.8) is 0 Å². The third-order valence-corrected chi connectivity index (χ3v) is 5.08. The molecular weight excluding hydrogens is 268 g/mol. The highest BCUT2D eigenvalue weighted by molar-refractivity contribution is 5.81. The van der Waals surface area contributed by atoms with Crippen LogP contribution in [0.2, 0.25) is 0 Å². The Kier molecular flexibility index (Phi) is 6.02. The van der Waals surface area contributed by atoms with E-state index in [1.165, 1.54) is 20.0 Å². The lowest BCUT2D eigenvalue weighted by Gasteiger charge is -2.45. The van der Waals surface area contributed by atoms with E-state index in [1.54, 1.807) is 7.11 Å². The van der Waals surface area contributed by atoms with E-state index in [9.17, 15) is 4.79 Å². The fourth-order valence-electron chi connectivity index (χ4n) is 4.00. The van der Waals surface area contributed by atoms with Gasteiger partial charge in [0.25, 0.3) is 0 Å². The number of hydrogen-bond acceptors (Lipinski definition) is 5. The van der Waals surface area contributed by atoms with Crippen LogP contribution in [-0.2, 0) is 14.3 Å². The number of carbonyl (C=O) groups is 1. The molecule has 3 atom stereocenters. The fourth-order valence-corrected chi connectivity index (χ4v) is 4.00. The lowest BCUT2D eigenvalue weighted by molar-refractivity contribution is -0.151. The molecule has 0 aromatic rings. The Labute approximate surface area is 128 Å². The number of esters is 1. The van der Waals surface area contributed by atoms with Gasteiger partial charge in [-0.25, -0.2) is 0 Å². The van der Waals surface area contributed by atoms with Gasteiger partial charge in [-0.05, 0) is 51.6 Å². The van der Waals surface area contributed by atoms with Crippen molar-refractivity contribution < 1.29 is 14.3 Å². The fraction of sp³-hybridized carbons (Fsp3) is 0.938. The first-order valence-corrected chi connectivity index (χ1v) is 8.25. The number of methoxy groups -OCH3 is 2. The first-order chi connectivity index (χ1) is 10.1. The molecule has 2 rings (SSSR count). The SMILES string of the molecule is CCNC1(C(=O)OC)CCCC(N2CCCC(OC)C2)C1. The topological polar surface area (TPSA) is 50.8 Å². The van der Waals surface area contributed by atoms with Gasteiger partial charge in [0.15, 0.2) is 0 Å². The summed E-state index contributed by atoms with van der Waals surface area (Å²) in [5.41, 5.74) is -0.494. The van der Waals surface area contributed by atoms with Crippen LogP contribution in [0.5, 0.6) is 0 Å². The van der Waals surface area contributed by atoms with Crippen LogP contribution in [0.25, 0.3) is 0 Å². The van der Waals surface area contributed by atoms with Crippen molar-refractivity contribution in [1.29, 1.82) is 0 Å². The van der Waals surface area contributed by atoms with Crippen LogP contribution in [-0.4, -0.2) is 62.4 Å². The largest absolute Gasteiger partial charge is 0.468 e. The molecule has 1 aliphatic carbocycles. The average Bonchev–Trinajstić information content (AvgIpc) is 2.54. The Hall–Kier alpha value is -0.650. The number of likely N-dealkylation sites (tertiary alicyclic amines) is 1. The minimum absolute atomic E-state index is 0.102. The summed E-state index contributed by atoms with van der Waals surface area (Å²) in [6, 6.07) is 0.454. The van der Waals surface area contributed by atoms with Crippen molar-refractivity contribution >= 4 is 5.97 Å². The quantitative estimate of drug-likeness (QED) is 0.781. The summed E-state index contributed by atoms with van der Waals surface area (Å²) in [5, 5.41) is 3.41. The van der Waals surface area contributed by atoms with Crippen LogP contribution >= 0.6 is 0 Å². The summed E-state index contributed by atoms with van der Waals surface area (Å²) in [7, 11) is 3.29. The third kappa shape index (κ3) is 3.76. The second-order valence-corrected chi connectivity index (χ2v) is 6.35. The number of nitrogens with one attached hydrogen (secondary N) is 1. The van der Waals surface area contributed by atoms with Gasteiger partial charge in [-0.2, -0.15) is 0 Å². The maximum Gasteiger partial charge on any atom is 0.326 e. The van der Waals surface area contributed by atoms with Gasteiger partial charge in [0.1, 0.15) is 5.54 Å². The molecule has 2 fully saturated rings. The molecule has 1 N–H and O–H groups in total. The Morgan fingerprint density at radius 3 is 2.81 bits per heavy atom. The van der Waals surface area contributed by atoms with Crippen LogP contribution < -0.4 is 5.32 Å². The van der Waals surface area contributed by atoms with Gasteiger partial charge in [-0.15, -0.1) is 0 Å². The number of likely N-dealkylation sites (N-methyl/N-ethyl adjacent to an activating group) is 1. The molecule has 0 bridgehead atoms. The van der Waals surface area contributed by atoms with Gasteiger partial charge < -0.3 is 14.8 Å². The van der Waals surface area contributed by atoms with E-state index in [0.29, 0.717) is 12.1 Å². The molecule has 122 valence electrons. The van der Waals surface area contributed by atoms with Crippen molar-refractivity contribution in [2.75, 3.05) is 33.9 Å². The van der Waals surface area contributed by atoms with E-state index in [4.69, 9.17) is 9.47 Å². The van der Waals surface area contributed by atoms with Crippen LogP contribution in [0.15, 0.2) is 0 Å². The minimum Gasteiger partial charge on any atom is -0.468 e. The summed E-state index contributed by atoms with van der Waals surface area (Å²) in [5.74, 6) is -0.102. The smallest absolute Gasteiger partial charge is 0.326 e. The standard InChI is InChI=1S/C16H30N2O3/c1-4-17-16(15(19)21-3)9-5-7-13(11-16)18-10-6-8-14(12-18)20-2/h13-14,17H,4-12H2,1-3H3.